The fourth-order valence-corrected chi connectivity index (χ4v) is 7.46. The third kappa shape index (κ3) is 13.0. The van der Waals surface area contributed by atoms with Gasteiger partial charge in [0.1, 0.15) is 9.79 Å². The lowest BCUT2D eigenvalue weighted by Crippen LogP contribution is -2.29. The van der Waals surface area contributed by atoms with Crippen molar-refractivity contribution in [1.82, 2.24) is 35.2 Å². The van der Waals surface area contributed by atoms with Crippen LogP contribution in [0.2, 0.25) is 0 Å². The second-order valence-corrected chi connectivity index (χ2v) is 16.7. The van der Waals surface area contributed by atoms with Crippen LogP contribution in [0.3, 0.4) is 0 Å². The van der Waals surface area contributed by atoms with Gasteiger partial charge >= 0.3 is 0 Å². The highest BCUT2D eigenvalue weighted by atomic mass is 32.2. The lowest BCUT2D eigenvalue weighted by Gasteiger charge is -2.13. The van der Waals surface area contributed by atoms with Gasteiger partial charge in [-0.3, -0.25) is 13.9 Å². The van der Waals surface area contributed by atoms with Crippen LogP contribution >= 0.6 is 0 Å². The Morgan fingerprint density at radius 3 is 1.27 bits per heavy atom. The van der Waals surface area contributed by atoms with Crippen molar-refractivity contribution in [3.05, 3.63) is 144 Å². The van der Waals surface area contributed by atoms with Gasteiger partial charge in [-0.25, -0.2) is 0 Å². The summed E-state index contributed by atoms with van der Waals surface area (Å²) < 4.78 is 71.4. The molecule has 7 aromatic rings. The summed E-state index contributed by atoms with van der Waals surface area (Å²) in [6.45, 7) is 1.11. The Kier molecular flexibility index (Phi) is 14.7. The van der Waals surface area contributed by atoms with E-state index in [1.54, 1.807) is 36.4 Å². The predicted octanol–water partition coefficient (Wildman–Crippen LogP) is 5.91. The molecule has 21 nitrogen and oxygen atoms in total. The molecule has 66 heavy (non-hydrogen) atoms. The van der Waals surface area contributed by atoms with Gasteiger partial charge in [0.15, 0.2) is 0 Å². The number of nitrogens with two attached hydrogens (primary N) is 1. The molecule has 11 N–H and O–H groups in total. The highest BCUT2D eigenvalue weighted by molar-refractivity contribution is 7.86. The van der Waals surface area contributed by atoms with Crippen LogP contribution < -0.4 is 43.0 Å². The SMILES string of the molecule is NCCNc1nc(Nc2ccccc2)nc(Nc2ccc(/C=C/c3ccc(Nc4nc(NCCNC(=O)c5ccccc5)nc(Nc5ccccc5)n4)cc3S(=O)(=O)O)c(S(=O)(=O)O)c2)n1. The second-order valence-electron chi connectivity index (χ2n) is 13.9. The van der Waals surface area contributed by atoms with Gasteiger partial charge in [-0.1, -0.05) is 78.9 Å². The molecule has 0 bridgehead atoms. The molecule has 0 aliphatic heterocycles. The normalized spacial score (nSPS) is 11.4. The first-order valence-corrected chi connectivity index (χ1v) is 22.8. The zero-order valence-electron chi connectivity index (χ0n) is 34.6. The largest absolute Gasteiger partial charge is 0.353 e. The predicted molar refractivity (Wildman–Crippen MR) is 252 cm³/mol. The molecule has 1 amide bonds. The summed E-state index contributed by atoms with van der Waals surface area (Å²) in [7, 11) is -9.74. The minimum Gasteiger partial charge on any atom is -0.353 e. The number of nitrogens with one attached hydrogen (secondary N) is 7. The lowest BCUT2D eigenvalue weighted by molar-refractivity contribution is 0.0955. The average molecular weight is 931 g/mol. The summed E-state index contributed by atoms with van der Waals surface area (Å²) in [6.07, 6.45) is 2.52. The van der Waals surface area contributed by atoms with Crippen molar-refractivity contribution in [3.63, 3.8) is 0 Å². The smallest absolute Gasteiger partial charge is 0.295 e. The van der Waals surface area contributed by atoms with Crippen molar-refractivity contribution in [3.8, 4) is 0 Å². The van der Waals surface area contributed by atoms with Gasteiger partial charge in [0.2, 0.25) is 35.7 Å². The molecule has 7 rings (SSSR count). The van der Waals surface area contributed by atoms with E-state index in [0.717, 1.165) is 12.1 Å². The van der Waals surface area contributed by atoms with Gasteiger partial charge in [0, 0.05) is 54.5 Å². The van der Waals surface area contributed by atoms with E-state index in [2.05, 4.69) is 67.1 Å². The first-order valence-electron chi connectivity index (χ1n) is 19.9. The highest BCUT2D eigenvalue weighted by Gasteiger charge is 2.19. The molecule has 0 aliphatic rings. The second kappa shape index (κ2) is 21.1. The zero-order valence-corrected chi connectivity index (χ0v) is 36.3. The molecule has 0 unspecified atom stereocenters. The standard InChI is InChI=1S/C43H42N14O7S2/c44-22-23-46-38-52-40(48-31-12-6-2-7-13-31)56-42(53-38)50-33-20-18-28(35(26-33)65(59,60)61)16-17-29-19-21-34(27-36(29)66(62,63)64)51-43-55-39(54-41(57-43)49-32-14-8-3-9-15-32)47-25-24-45-37(58)30-10-4-1-5-11-30/h1-21,26-27H,22-25,44H2,(H,45,58)(H,59,60,61)(H,62,63,64)(H3,46,48,50,52,53,56)(H3,47,49,51,54,55,57)/b17-16+. The van der Waals surface area contributed by atoms with E-state index >= 15 is 0 Å². The van der Waals surface area contributed by atoms with E-state index in [1.165, 1.54) is 36.4 Å². The molecular weight excluding hydrogens is 889 g/mol. The number of rotatable bonds is 20. The molecule has 2 heterocycles. The number of anilines is 10. The van der Waals surface area contributed by atoms with Crippen molar-refractivity contribution < 1.29 is 30.7 Å². The first kappa shape index (κ1) is 45.9. The molecule has 0 fully saturated rings. The molecular formula is C43H42N14O7S2. The minimum absolute atomic E-state index is 0.0146. The molecule has 5 aromatic carbocycles. The van der Waals surface area contributed by atoms with E-state index in [4.69, 9.17) is 5.73 Å². The number of aromatic nitrogens is 6. The fourth-order valence-electron chi connectivity index (χ4n) is 6.04. The zero-order chi connectivity index (χ0) is 46.5. The van der Waals surface area contributed by atoms with E-state index in [-0.39, 0.29) is 77.2 Å². The van der Waals surface area contributed by atoms with Gasteiger partial charge in [-0.15, -0.1) is 0 Å². The third-order valence-electron chi connectivity index (χ3n) is 9.03. The Morgan fingerprint density at radius 1 is 0.485 bits per heavy atom. The molecule has 338 valence electrons. The Morgan fingerprint density at radius 2 is 0.864 bits per heavy atom. The number of nitrogens with zero attached hydrogens (tertiary/aromatic N) is 6. The summed E-state index contributed by atoms with van der Waals surface area (Å²) in [4.78, 5) is 37.8. The monoisotopic (exact) mass is 930 g/mol. The van der Waals surface area contributed by atoms with Crippen LogP contribution in [0.5, 0.6) is 0 Å². The summed E-state index contributed by atoms with van der Waals surface area (Å²) in [5.74, 6) is 0.349. The van der Waals surface area contributed by atoms with Crippen LogP contribution in [-0.4, -0.2) is 87.9 Å². The van der Waals surface area contributed by atoms with Gasteiger partial charge in [-0.05, 0) is 71.8 Å². The van der Waals surface area contributed by atoms with E-state index < -0.39 is 30.0 Å². The Bertz CT molecular complexity index is 3060. The van der Waals surface area contributed by atoms with E-state index in [1.807, 2.05) is 54.6 Å². The molecule has 0 saturated carbocycles. The molecule has 0 atom stereocenters. The quantitative estimate of drug-likeness (QED) is 0.0241. The highest BCUT2D eigenvalue weighted by Crippen LogP contribution is 2.29. The van der Waals surface area contributed by atoms with Gasteiger partial charge in [-0.2, -0.15) is 46.7 Å². The summed E-state index contributed by atoms with van der Waals surface area (Å²) in [6, 6.07) is 34.9. The van der Waals surface area contributed by atoms with Crippen LogP contribution in [-0.2, 0) is 20.2 Å². The summed E-state index contributed by atoms with van der Waals surface area (Å²) in [5.41, 5.74) is 7.77. The number of para-hydroxylation sites is 2. The van der Waals surface area contributed by atoms with Gasteiger partial charge in [0.25, 0.3) is 26.1 Å². The molecule has 2 aromatic heterocycles. The van der Waals surface area contributed by atoms with Crippen molar-refractivity contribution in [1.29, 1.82) is 0 Å². The number of benzene rings is 5. The van der Waals surface area contributed by atoms with Crippen LogP contribution in [0.25, 0.3) is 12.2 Å². The fraction of sp³-hybridized carbons (Fsp3) is 0.0930. The van der Waals surface area contributed by atoms with Crippen molar-refractivity contribution in [2.75, 3.05) is 58.1 Å². The van der Waals surface area contributed by atoms with Gasteiger partial charge in [0.05, 0.1) is 0 Å². The number of hydrogen-bond acceptors (Lipinski definition) is 18. The number of carbonyl (C=O) groups is 1. The van der Waals surface area contributed by atoms with Crippen molar-refractivity contribution in [2.24, 2.45) is 5.73 Å². The maximum absolute atomic E-state index is 12.7. The lowest BCUT2D eigenvalue weighted by atomic mass is 10.1. The van der Waals surface area contributed by atoms with Crippen LogP contribution in [0, 0.1) is 0 Å². The summed E-state index contributed by atoms with van der Waals surface area (Å²) >= 11 is 0. The van der Waals surface area contributed by atoms with E-state index in [0.29, 0.717) is 30.0 Å². The number of hydrogen-bond donors (Lipinski definition) is 10. The minimum atomic E-state index is -4.88. The van der Waals surface area contributed by atoms with Crippen molar-refractivity contribution in [2.45, 2.75) is 9.79 Å². The van der Waals surface area contributed by atoms with E-state index in [9.17, 15) is 30.7 Å². The molecule has 23 heteroatoms. The van der Waals surface area contributed by atoms with Crippen LogP contribution in [0.15, 0.2) is 137 Å². The maximum Gasteiger partial charge on any atom is 0.295 e. The third-order valence-corrected chi connectivity index (χ3v) is 10.8. The van der Waals surface area contributed by atoms with Crippen LogP contribution in [0.1, 0.15) is 21.5 Å². The molecule has 0 spiro atoms. The molecule has 0 radical (unpaired) electrons. The molecule has 0 aliphatic carbocycles. The first-order chi connectivity index (χ1) is 31.8. The molecule has 0 saturated heterocycles. The maximum atomic E-state index is 12.7. The Labute approximate surface area is 379 Å². The Hall–Kier alpha value is -8.09. The number of amides is 1. The summed E-state index contributed by atoms with van der Waals surface area (Å²) in [5, 5.41) is 20.9. The van der Waals surface area contributed by atoms with Crippen LogP contribution in [0.4, 0.5) is 58.4 Å². The topological polar surface area (TPSA) is 313 Å². The van der Waals surface area contributed by atoms with Gasteiger partial charge < -0.3 is 43.0 Å². The Balaban J connectivity index is 1.11. The number of carbonyl (C=O) groups excluding carboxylic acids is 1. The average Bonchev–Trinajstić information content (AvgIpc) is 3.29. The van der Waals surface area contributed by atoms with Crippen molar-refractivity contribution >= 4 is 96.7 Å².